The standard InChI is InChI=1S/C12H15N3O2S/c1-17-11-2-8(4-13-5-11)12(16)15-9-3-10(15)7-14(18)6-9/h2,4-5,9-10,18H,3,6-7H2,1H3. The molecule has 0 N–H and O–H groups in total. The Hall–Kier alpha value is -1.27. The fourth-order valence-corrected chi connectivity index (χ4v) is 3.09. The molecule has 2 saturated heterocycles. The molecule has 0 spiro atoms. The molecule has 1 amide bonds. The molecule has 3 rings (SSSR count). The van der Waals surface area contributed by atoms with E-state index in [1.54, 1.807) is 25.6 Å². The van der Waals surface area contributed by atoms with Crippen LogP contribution in [0.4, 0.5) is 0 Å². The molecule has 96 valence electrons. The third kappa shape index (κ3) is 1.85. The minimum absolute atomic E-state index is 0.0454. The van der Waals surface area contributed by atoms with Gasteiger partial charge in [0.15, 0.2) is 0 Å². The van der Waals surface area contributed by atoms with Crippen molar-refractivity contribution < 1.29 is 9.53 Å². The molecule has 1 aromatic heterocycles. The van der Waals surface area contributed by atoms with E-state index >= 15 is 0 Å². The van der Waals surface area contributed by atoms with Gasteiger partial charge in [0.2, 0.25) is 0 Å². The van der Waals surface area contributed by atoms with Gasteiger partial charge in [0.25, 0.3) is 5.91 Å². The van der Waals surface area contributed by atoms with Gasteiger partial charge in [0.1, 0.15) is 5.75 Å². The number of carbonyl (C=O) groups is 1. The van der Waals surface area contributed by atoms with Crippen molar-refractivity contribution >= 4 is 18.7 Å². The van der Waals surface area contributed by atoms with Crippen molar-refractivity contribution in [1.29, 1.82) is 0 Å². The third-order valence-corrected chi connectivity index (χ3v) is 3.93. The molecule has 0 radical (unpaired) electrons. The smallest absolute Gasteiger partial charge is 0.256 e. The number of methoxy groups -OCH3 is 1. The topological polar surface area (TPSA) is 45.7 Å². The van der Waals surface area contributed by atoms with E-state index in [1.165, 1.54) is 0 Å². The Morgan fingerprint density at radius 3 is 2.83 bits per heavy atom. The SMILES string of the molecule is COc1cncc(C(=O)N2C3CC2CN(S)C3)c1. The summed E-state index contributed by atoms with van der Waals surface area (Å²) in [7, 11) is 1.57. The van der Waals surface area contributed by atoms with E-state index in [1.807, 2.05) is 9.21 Å². The van der Waals surface area contributed by atoms with Crippen LogP contribution in [-0.2, 0) is 0 Å². The Morgan fingerprint density at radius 2 is 2.17 bits per heavy atom. The first kappa shape index (κ1) is 11.8. The van der Waals surface area contributed by atoms with Gasteiger partial charge in [-0.05, 0) is 12.5 Å². The van der Waals surface area contributed by atoms with Gasteiger partial charge in [-0.25, -0.2) is 4.31 Å². The molecule has 2 fully saturated rings. The highest BCUT2D eigenvalue weighted by atomic mass is 32.1. The number of fused-ring (bicyclic) bond motifs is 2. The van der Waals surface area contributed by atoms with Gasteiger partial charge in [0, 0.05) is 31.4 Å². The molecule has 0 saturated carbocycles. The van der Waals surface area contributed by atoms with Crippen LogP contribution < -0.4 is 4.74 Å². The van der Waals surface area contributed by atoms with Crippen LogP contribution in [0.5, 0.6) is 5.75 Å². The van der Waals surface area contributed by atoms with Gasteiger partial charge in [-0.15, -0.1) is 0 Å². The molecule has 2 atom stereocenters. The van der Waals surface area contributed by atoms with Gasteiger partial charge in [0.05, 0.1) is 18.9 Å². The predicted octanol–water partition coefficient (Wildman–Crippen LogP) is 0.834. The van der Waals surface area contributed by atoms with Crippen LogP contribution in [0.1, 0.15) is 16.8 Å². The maximum atomic E-state index is 12.4. The summed E-state index contributed by atoms with van der Waals surface area (Å²) >= 11 is 4.34. The zero-order valence-electron chi connectivity index (χ0n) is 10.1. The fraction of sp³-hybridized carbons (Fsp3) is 0.500. The normalized spacial score (nSPS) is 26.7. The number of ether oxygens (including phenoxy) is 1. The van der Waals surface area contributed by atoms with E-state index in [0.717, 1.165) is 19.5 Å². The van der Waals surface area contributed by atoms with Crippen molar-refractivity contribution in [3.63, 3.8) is 0 Å². The van der Waals surface area contributed by atoms with E-state index in [9.17, 15) is 4.79 Å². The number of aromatic nitrogens is 1. The number of nitrogens with zero attached hydrogens (tertiary/aromatic N) is 3. The quantitative estimate of drug-likeness (QED) is 0.805. The molecule has 2 aliphatic rings. The van der Waals surface area contributed by atoms with Crippen molar-refractivity contribution in [1.82, 2.24) is 14.2 Å². The highest BCUT2D eigenvalue weighted by molar-refractivity contribution is 7.77. The molecule has 0 aliphatic carbocycles. The number of rotatable bonds is 2. The Labute approximate surface area is 111 Å². The lowest BCUT2D eigenvalue weighted by atomic mass is 9.88. The summed E-state index contributed by atoms with van der Waals surface area (Å²) in [5.41, 5.74) is 0.594. The second-order valence-corrected chi connectivity index (χ2v) is 5.31. The van der Waals surface area contributed by atoms with Gasteiger partial charge < -0.3 is 9.64 Å². The average molecular weight is 265 g/mol. The first-order valence-electron chi connectivity index (χ1n) is 5.94. The number of piperazine rings is 1. The van der Waals surface area contributed by atoms with Crippen LogP contribution in [0.2, 0.25) is 0 Å². The van der Waals surface area contributed by atoms with Crippen molar-refractivity contribution in [2.24, 2.45) is 0 Å². The third-order valence-electron chi connectivity index (χ3n) is 3.60. The largest absolute Gasteiger partial charge is 0.495 e. The number of thiol groups is 1. The van der Waals surface area contributed by atoms with E-state index in [2.05, 4.69) is 17.8 Å². The molecule has 1 aromatic rings. The van der Waals surface area contributed by atoms with Crippen molar-refractivity contribution in [3.05, 3.63) is 24.0 Å². The minimum atomic E-state index is 0.0454. The highest BCUT2D eigenvalue weighted by Gasteiger charge is 2.46. The number of hydrogen-bond donors (Lipinski definition) is 1. The summed E-state index contributed by atoms with van der Waals surface area (Å²) in [6.07, 6.45) is 4.28. The van der Waals surface area contributed by atoms with Crippen LogP contribution in [-0.4, -0.2) is 52.4 Å². The zero-order chi connectivity index (χ0) is 12.7. The van der Waals surface area contributed by atoms with Gasteiger partial charge in [-0.3, -0.25) is 9.78 Å². The van der Waals surface area contributed by atoms with Crippen LogP contribution >= 0.6 is 12.8 Å². The number of likely N-dealkylation sites (tertiary alicyclic amines) is 1. The van der Waals surface area contributed by atoms with Crippen LogP contribution in [0.3, 0.4) is 0 Å². The summed E-state index contributed by atoms with van der Waals surface area (Å²) in [5.74, 6) is 0.659. The maximum Gasteiger partial charge on any atom is 0.256 e. The molecule has 0 aromatic carbocycles. The van der Waals surface area contributed by atoms with Gasteiger partial charge in [-0.1, -0.05) is 12.8 Å². The minimum Gasteiger partial charge on any atom is -0.495 e. The first-order valence-corrected chi connectivity index (χ1v) is 6.34. The zero-order valence-corrected chi connectivity index (χ0v) is 11.0. The summed E-state index contributed by atoms with van der Waals surface area (Å²) in [4.78, 5) is 18.4. The molecule has 18 heavy (non-hydrogen) atoms. The average Bonchev–Trinajstić information content (AvgIpc) is 2.38. The number of amides is 1. The molecule has 2 bridgehead atoms. The first-order chi connectivity index (χ1) is 8.69. The highest BCUT2D eigenvalue weighted by Crippen LogP contribution is 2.34. The number of piperidine rings is 1. The Morgan fingerprint density at radius 1 is 1.44 bits per heavy atom. The van der Waals surface area contributed by atoms with Crippen molar-refractivity contribution in [2.45, 2.75) is 18.5 Å². The van der Waals surface area contributed by atoms with Crippen LogP contribution in [0.15, 0.2) is 18.5 Å². The van der Waals surface area contributed by atoms with Crippen molar-refractivity contribution in [3.8, 4) is 5.75 Å². The van der Waals surface area contributed by atoms with E-state index in [-0.39, 0.29) is 5.91 Å². The van der Waals surface area contributed by atoms with Crippen LogP contribution in [0.25, 0.3) is 0 Å². The fourth-order valence-electron chi connectivity index (χ4n) is 2.72. The molecular weight excluding hydrogens is 250 g/mol. The lowest BCUT2D eigenvalue weighted by molar-refractivity contribution is -0.0218. The van der Waals surface area contributed by atoms with Crippen molar-refractivity contribution in [2.75, 3.05) is 20.2 Å². The summed E-state index contributed by atoms with van der Waals surface area (Å²) in [6.45, 7) is 1.67. The van der Waals surface area contributed by atoms with E-state index < -0.39 is 0 Å². The number of carbonyl (C=O) groups excluding carboxylic acids is 1. The maximum absolute atomic E-state index is 12.4. The molecular formula is C12H15N3O2S. The monoisotopic (exact) mass is 265 g/mol. The van der Waals surface area contributed by atoms with Gasteiger partial charge >= 0.3 is 0 Å². The predicted molar refractivity (Wildman–Crippen MR) is 69.7 cm³/mol. The van der Waals surface area contributed by atoms with Gasteiger partial charge in [-0.2, -0.15) is 0 Å². The van der Waals surface area contributed by atoms with E-state index in [0.29, 0.717) is 23.4 Å². The molecule has 2 unspecified atom stereocenters. The Bertz CT molecular complexity index is 470. The second-order valence-electron chi connectivity index (χ2n) is 4.74. The Balaban J connectivity index is 1.79. The Kier molecular flexibility index (Phi) is 2.91. The lowest BCUT2D eigenvalue weighted by Crippen LogP contribution is -2.68. The molecule has 2 aliphatic heterocycles. The summed E-state index contributed by atoms with van der Waals surface area (Å²) in [5, 5.41) is 0. The summed E-state index contributed by atoms with van der Waals surface area (Å²) in [6, 6.07) is 2.32. The summed E-state index contributed by atoms with van der Waals surface area (Å²) < 4.78 is 7.07. The number of hydrogen-bond acceptors (Lipinski definition) is 5. The lowest BCUT2D eigenvalue weighted by Gasteiger charge is -2.55. The second kappa shape index (κ2) is 4.44. The van der Waals surface area contributed by atoms with Crippen LogP contribution in [0, 0.1) is 0 Å². The van der Waals surface area contributed by atoms with E-state index in [4.69, 9.17) is 4.74 Å². The molecule has 3 heterocycles. The number of pyridine rings is 1. The molecule has 5 nitrogen and oxygen atoms in total. The molecule has 6 heteroatoms.